The molecule has 82 valence electrons. The van der Waals surface area contributed by atoms with Crippen molar-refractivity contribution in [1.29, 1.82) is 0 Å². The zero-order valence-electron chi connectivity index (χ0n) is 8.22. The second-order valence-electron chi connectivity index (χ2n) is 2.99. The maximum Gasteiger partial charge on any atom is 0.175 e. The summed E-state index contributed by atoms with van der Waals surface area (Å²) in [6.07, 6.45) is 7.29. The van der Waals surface area contributed by atoms with Crippen LogP contribution in [0.1, 0.15) is 5.56 Å². The van der Waals surface area contributed by atoms with Gasteiger partial charge in [-0.15, -0.1) is 21.8 Å². The number of allylic oxidation sites excluding steroid dienone is 1. The second-order valence-corrected chi connectivity index (χ2v) is 3.69. The van der Waals surface area contributed by atoms with Gasteiger partial charge in [0.2, 0.25) is 0 Å². The minimum atomic E-state index is 0.359. The summed E-state index contributed by atoms with van der Waals surface area (Å²) in [6.45, 7) is 0. The van der Waals surface area contributed by atoms with E-state index in [1.807, 2.05) is 18.3 Å². The molecular weight excluding hydrogens is 247 g/mol. The molecular formula is C10H8Cl2N4. The van der Waals surface area contributed by atoms with Gasteiger partial charge in [0.1, 0.15) is 0 Å². The minimum absolute atomic E-state index is 0.359. The lowest BCUT2D eigenvalue weighted by molar-refractivity contribution is 0.814. The summed E-state index contributed by atoms with van der Waals surface area (Å²) in [6, 6.07) is 3.41. The van der Waals surface area contributed by atoms with E-state index in [4.69, 9.17) is 23.2 Å². The average Bonchev–Trinajstić information content (AvgIpc) is 2.76. The molecule has 0 spiro atoms. The van der Waals surface area contributed by atoms with Crippen LogP contribution >= 0.6 is 23.2 Å². The van der Waals surface area contributed by atoms with E-state index in [1.54, 1.807) is 23.0 Å². The molecule has 0 saturated carbocycles. The smallest absolute Gasteiger partial charge is 0.175 e. The second kappa shape index (κ2) is 5.09. The van der Waals surface area contributed by atoms with Crippen molar-refractivity contribution in [2.24, 2.45) is 0 Å². The Morgan fingerprint density at radius 1 is 1.31 bits per heavy atom. The molecule has 0 amide bonds. The molecule has 6 heteroatoms. The van der Waals surface area contributed by atoms with Crippen molar-refractivity contribution in [2.75, 3.05) is 5.88 Å². The number of rotatable bonds is 3. The lowest BCUT2D eigenvalue weighted by Crippen LogP contribution is -1.98. The average molecular weight is 255 g/mol. The van der Waals surface area contributed by atoms with E-state index in [-0.39, 0.29) is 0 Å². The number of hydrogen-bond donors (Lipinski definition) is 0. The van der Waals surface area contributed by atoms with Gasteiger partial charge in [0.15, 0.2) is 11.0 Å². The Kier molecular flexibility index (Phi) is 3.54. The molecule has 0 saturated heterocycles. The summed E-state index contributed by atoms with van der Waals surface area (Å²) in [5.74, 6) is 1.10. The number of halogens is 2. The first-order valence-electron chi connectivity index (χ1n) is 4.56. The molecule has 2 rings (SSSR count). The van der Waals surface area contributed by atoms with Crippen molar-refractivity contribution < 1.29 is 0 Å². The van der Waals surface area contributed by atoms with Crippen LogP contribution in [0.25, 0.3) is 11.9 Å². The topological polar surface area (TPSA) is 43.6 Å². The van der Waals surface area contributed by atoms with Crippen LogP contribution in [0.4, 0.5) is 0 Å². The van der Waals surface area contributed by atoms with Crippen molar-refractivity contribution in [2.45, 2.75) is 0 Å². The molecule has 2 heterocycles. The third-order valence-corrected chi connectivity index (χ3v) is 2.23. The highest BCUT2D eigenvalue weighted by Gasteiger charge is 2.00. The van der Waals surface area contributed by atoms with Crippen LogP contribution in [-0.2, 0) is 0 Å². The Bertz CT molecular complexity index is 490. The molecule has 0 bridgehead atoms. The number of alkyl halides is 1. The molecule has 0 atom stereocenters. The molecule has 0 aromatic carbocycles. The Balaban J connectivity index is 2.24. The highest BCUT2D eigenvalue weighted by Crippen LogP contribution is 2.08. The van der Waals surface area contributed by atoms with Crippen LogP contribution in [0.2, 0.25) is 5.15 Å². The van der Waals surface area contributed by atoms with E-state index >= 15 is 0 Å². The van der Waals surface area contributed by atoms with E-state index in [9.17, 15) is 0 Å². The van der Waals surface area contributed by atoms with Gasteiger partial charge in [-0.2, -0.15) is 5.10 Å². The zero-order chi connectivity index (χ0) is 11.4. The summed E-state index contributed by atoms with van der Waals surface area (Å²) < 4.78 is 1.62. The van der Waals surface area contributed by atoms with E-state index in [2.05, 4.69) is 15.3 Å². The molecule has 16 heavy (non-hydrogen) atoms. The van der Waals surface area contributed by atoms with Gasteiger partial charge in [-0.3, -0.25) is 0 Å². The zero-order valence-corrected chi connectivity index (χ0v) is 9.73. The quantitative estimate of drug-likeness (QED) is 0.791. The summed E-state index contributed by atoms with van der Waals surface area (Å²) in [4.78, 5) is 0. The van der Waals surface area contributed by atoms with Crippen LogP contribution in [-0.4, -0.2) is 25.9 Å². The van der Waals surface area contributed by atoms with E-state index in [1.165, 1.54) is 0 Å². The van der Waals surface area contributed by atoms with E-state index in [0.717, 1.165) is 5.56 Å². The van der Waals surface area contributed by atoms with Gasteiger partial charge in [0.05, 0.1) is 6.20 Å². The standard InChI is InChI=1S/C10H8Cl2N4/c11-5-1-2-8-6-13-16(7-8)10-4-3-9(12)14-15-10/h1-4,6-7H,5H2. The highest BCUT2D eigenvalue weighted by atomic mass is 35.5. The van der Waals surface area contributed by atoms with Crippen LogP contribution in [0.15, 0.2) is 30.6 Å². The Morgan fingerprint density at radius 2 is 2.19 bits per heavy atom. The minimum Gasteiger partial charge on any atom is -0.220 e. The molecule has 2 aromatic rings. The van der Waals surface area contributed by atoms with Crippen LogP contribution in [0, 0.1) is 0 Å². The Hall–Kier alpha value is -1.39. The van der Waals surface area contributed by atoms with Gasteiger partial charge in [0, 0.05) is 17.6 Å². The number of hydrogen-bond acceptors (Lipinski definition) is 3. The first-order valence-corrected chi connectivity index (χ1v) is 5.47. The van der Waals surface area contributed by atoms with Crippen LogP contribution < -0.4 is 0 Å². The fourth-order valence-corrected chi connectivity index (χ4v) is 1.35. The van der Waals surface area contributed by atoms with E-state index in [0.29, 0.717) is 16.9 Å². The van der Waals surface area contributed by atoms with Crippen molar-refractivity contribution in [1.82, 2.24) is 20.0 Å². The largest absolute Gasteiger partial charge is 0.220 e. The Morgan fingerprint density at radius 3 is 2.88 bits per heavy atom. The van der Waals surface area contributed by atoms with Gasteiger partial charge in [-0.1, -0.05) is 23.8 Å². The van der Waals surface area contributed by atoms with E-state index < -0.39 is 0 Å². The highest BCUT2D eigenvalue weighted by molar-refractivity contribution is 6.29. The number of aromatic nitrogens is 4. The molecule has 0 radical (unpaired) electrons. The SMILES string of the molecule is ClCC=Cc1cnn(-c2ccc(Cl)nn2)c1. The third-order valence-electron chi connectivity index (χ3n) is 1.85. The first-order chi connectivity index (χ1) is 7.79. The third kappa shape index (κ3) is 2.59. The monoisotopic (exact) mass is 254 g/mol. The normalized spacial score (nSPS) is 11.1. The molecule has 4 nitrogen and oxygen atoms in total. The lowest BCUT2D eigenvalue weighted by Gasteiger charge is -1.97. The number of nitrogens with zero attached hydrogens (tertiary/aromatic N) is 4. The molecule has 0 fully saturated rings. The van der Waals surface area contributed by atoms with Gasteiger partial charge in [0.25, 0.3) is 0 Å². The molecule has 0 unspecified atom stereocenters. The predicted octanol–water partition coefficient (Wildman–Crippen LogP) is 2.57. The summed E-state index contributed by atoms with van der Waals surface area (Å²) in [7, 11) is 0. The summed E-state index contributed by atoms with van der Waals surface area (Å²) in [5, 5.41) is 12.2. The van der Waals surface area contributed by atoms with Crippen molar-refractivity contribution in [3.8, 4) is 5.82 Å². The Labute approximate surface area is 103 Å². The molecule has 2 aromatic heterocycles. The summed E-state index contributed by atoms with van der Waals surface area (Å²) in [5.41, 5.74) is 0.956. The molecule has 0 N–H and O–H groups in total. The van der Waals surface area contributed by atoms with Crippen molar-refractivity contribution in [3.63, 3.8) is 0 Å². The molecule has 0 aliphatic rings. The fraction of sp³-hybridized carbons (Fsp3) is 0.100. The van der Waals surface area contributed by atoms with Gasteiger partial charge in [-0.25, -0.2) is 4.68 Å². The lowest BCUT2D eigenvalue weighted by atomic mass is 10.3. The van der Waals surface area contributed by atoms with Crippen molar-refractivity contribution >= 4 is 29.3 Å². The van der Waals surface area contributed by atoms with Crippen LogP contribution in [0.5, 0.6) is 0 Å². The maximum atomic E-state index is 5.64. The molecule has 0 aliphatic heterocycles. The van der Waals surface area contributed by atoms with Gasteiger partial charge < -0.3 is 0 Å². The van der Waals surface area contributed by atoms with Crippen molar-refractivity contribution in [3.05, 3.63) is 41.3 Å². The fourth-order valence-electron chi connectivity index (χ4n) is 1.16. The maximum absolute atomic E-state index is 5.64. The molecule has 0 aliphatic carbocycles. The van der Waals surface area contributed by atoms with Gasteiger partial charge >= 0.3 is 0 Å². The summed E-state index contributed by atoms with van der Waals surface area (Å²) >= 11 is 11.2. The predicted molar refractivity (Wildman–Crippen MR) is 63.9 cm³/mol. The van der Waals surface area contributed by atoms with Gasteiger partial charge in [-0.05, 0) is 12.1 Å². The van der Waals surface area contributed by atoms with Crippen LogP contribution in [0.3, 0.4) is 0 Å². The first kappa shape index (κ1) is 11.1.